The molecular formula is C15H20O5. The molecular weight excluding hydrogens is 260 g/mol. The first kappa shape index (κ1) is 14.0. The Kier molecular flexibility index (Phi) is 4.05. The summed E-state index contributed by atoms with van der Waals surface area (Å²) >= 11 is 0. The van der Waals surface area contributed by atoms with Crippen molar-refractivity contribution in [3.8, 4) is 0 Å². The van der Waals surface area contributed by atoms with Crippen LogP contribution in [0.25, 0.3) is 0 Å². The molecule has 2 heterocycles. The Morgan fingerprint density at radius 1 is 1.35 bits per heavy atom. The van der Waals surface area contributed by atoms with Gasteiger partial charge in [0.15, 0.2) is 0 Å². The van der Waals surface area contributed by atoms with Gasteiger partial charge in [-0.3, -0.25) is 0 Å². The molecule has 2 aliphatic heterocycles. The highest BCUT2D eigenvalue weighted by Gasteiger charge is 2.55. The standard InChI is InChI=1S/C15H20O5/c1-17-12-7-14(15(10-16)19-9-13(12)20-15)18-8-11-5-3-2-4-6-11/h2-6,12-14,16H,7-10H2,1H3/t12-,13+,14+,15+/m1/s1. The van der Waals surface area contributed by atoms with Crippen LogP contribution in [0.15, 0.2) is 30.3 Å². The molecule has 0 aliphatic carbocycles. The average molecular weight is 280 g/mol. The van der Waals surface area contributed by atoms with Gasteiger partial charge in [-0.25, -0.2) is 0 Å². The maximum Gasteiger partial charge on any atom is 0.219 e. The van der Waals surface area contributed by atoms with Crippen molar-refractivity contribution in [2.45, 2.75) is 37.1 Å². The second kappa shape index (κ2) is 5.79. The van der Waals surface area contributed by atoms with E-state index in [1.54, 1.807) is 7.11 Å². The SMILES string of the molecule is CO[C@@H]1C[C@H](OCc2ccccc2)[C@@]2(CO)OC[C@@H]1O2. The molecule has 0 aromatic heterocycles. The maximum atomic E-state index is 9.62. The van der Waals surface area contributed by atoms with Gasteiger partial charge in [0.25, 0.3) is 0 Å². The van der Waals surface area contributed by atoms with Crippen LogP contribution in [0.3, 0.4) is 0 Å². The van der Waals surface area contributed by atoms with Gasteiger partial charge >= 0.3 is 0 Å². The lowest BCUT2D eigenvalue weighted by Crippen LogP contribution is -2.55. The van der Waals surface area contributed by atoms with Crippen molar-refractivity contribution in [3.63, 3.8) is 0 Å². The Hall–Kier alpha value is -0.980. The Morgan fingerprint density at radius 3 is 2.85 bits per heavy atom. The van der Waals surface area contributed by atoms with Crippen LogP contribution in [0.1, 0.15) is 12.0 Å². The fourth-order valence-electron chi connectivity index (χ4n) is 2.84. The third-order valence-corrected chi connectivity index (χ3v) is 4.01. The van der Waals surface area contributed by atoms with Crippen LogP contribution >= 0.6 is 0 Å². The number of ether oxygens (including phenoxy) is 4. The lowest BCUT2D eigenvalue weighted by molar-refractivity contribution is -0.291. The molecule has 5 nitrogen and oxygen atoms in total. The molecule has 2 fully saturated rings. The highest BCUT2D eigenvalue weighted by Crippen LogP contribution is 2.39. The van der Waals surface area contributed by atoms with Crippen molar-refractivity contribution in [2.75, 3.05) is 20.3 Å². The van der Waals surface area contributed by atoms with Gasteiger partial charge in [-0.05, 0) is 5.56 Å². The van der Waals surface area contributed by atoms with Crippen molar-refractivity contribution in [1.29, 1.82) is 0 Å². The van der Waals surface area contributed by atoms with Crippen LogP contribution in [0.5, 0.6) is 0 Å². The van der Waals surface area contributed by atoms with Crippen LogP contribution in [-0.4, -0.2) is 49.5 Å². The number of rotatable bonds is 5. The van der Waals surface area contributed by atoms with Gasteiger partial charge in [-0.2, -0.15) is 0 Å². The zero-order valence-electron chi connectivity index (χ0n) is 11.5. The van der Waals surface area contributed by atoms with Crippen molar-refractivity contribution in [1.82, 2.24) is 0 Å². The molecule has 0 spiro atoms. The Morgan fingerprint density at radius 2 is 2.15 bits per heavy atom. The molecule has 3 rings (SSSR count). The van der Waals surface area contributed by atoms with Crippen LogP contribution < -0.4 is 0 Å². The summed E-state index contributed by atoms with van der Waals surface area (Å²) in [4.78, 5) is 0. The third-order valence-electron chi connectivity index (χ3n) is 4.01. The highest BCUT2D eigenvalue weighted by atomic mass is 16.8. The van der Waals surface area contributed by atoms with E-state index in [0.717, 1.165) is 5.56 Å². The minimum Gasteiger partial charge on any atom is -0.391 e. The number of methoxy groups -OCH3 is 1. The molecule has 1 aromatic rings. The highest BCUT2D eigenvalue weighted by molar-refractivity contribution is 5.13. The zero-order valence-corrected chi connectivity index (χ0v) is 11.5. The summed E-state index contributed by atoms with van der Waals surface area (Å²) < 4.78 is 22.8. The van der Waals surface area contributed by atoms with Gasteiger partial charge < -0.3 is 24.1 Å². The first-order valence-electron chi connectivity index (χ1n) is 6.88. The van der Waals surface area contributed by atoms with Gasteiger partial charge in [0, 0.05) is 13.5 Å². The minimum atomic E-state index is -1.03. The molecule has 0 amide bonds. The Balaban J connectivity index is 1.69. The van der Waals surface area contributed by atoms with Gasteiger partial charge in [0.2, 0.25) is 5.79 Å². The molecule has 1 N–H and O–H groups in total. The summed E-state index contributed by atoms with van der Waals surface area (Å²) in [5, 5.41) is 9.62. The molecule has 4 atom stereocenters. The Bertz CT molecular complexity index is 437. The zero-order chi connectivity index (χ0) is 14.0. The monoisotopic (exact) mass is 280 g/mol. The predicted molar refractivity (Wildman–Crippen MR) is 71.1 cm³/mol. The van der Waals surface area contributed by atoms with Gasteiger partial charge in [-0.1, -0.05) is 30.3 Å². The quantitative estimate of drug-likeness (QED) is 0.875. The number of hydrogen-bond acceptors (Lipinski definition) is 5. The van der Waals surface area contributed by atoms with E-state index in [4.69, 9.17) is 18.9 Å². The molecule has 20 heavy (non-hydrogen) atoms. The normalized spacial score (nSPS) is 36.2. The number of hydrogen-bond donors (Lipinski definition) is 1. The van der Waals surface area contributed by atoms with Crippen LogP contribution in [0.4, 0.5) is 0 Å². The average Bonchev–Trinajstić information content (AvgIpc) is 2.89. The number of aliphatic hydroxyl groups is 1. The summed E-state index contributed by atoms with van der Waals surface area (Å²) in [5.74, 6) is -1.03. The van der Waals surface area contributed by atoms with Crippen molar-refractivity contribution in [3.05, 3.63) is 35.9 Å². The third kappa shape index (κ3) is 2.47. The van der Waals surface area contributed by atoms with Gasteiger partial charge in [0.05, 0.1) is 25.9 Å². The molecule has 0 radical (unpaired) electrons. The topological polar surface area (TPSA) is 57.2 Å². The minimum absolute atomic E-state index is 0.0575. The number of benzene rings is 1. The molecule has 0 saturated carbocycles. The molecule has 2 saturated heterocycles. The maximum absolute atomic E-state index is 9.62. The van der Waals surface area contributed by atoms with Crippen LogP contribution in [-0.2, 0) is 25.6 Å². The molecule has 1 aromatic carbocycles. The fourth-order valence-corrected chi connectivity index (χ4v) is 2.84. The van der Waals surface area contributed by atoms with E-state index in [-0.39, 0.29) is 24.9 Å². The van der Waals surface area contributed by atoms with Gasteiger partial charge in [0.1, 0.15) is 12.2 Å². The smallest absolute Gasteiger partial charge is 0.219 e. The van der Waals surface area contributed by atoms with Crippen LogP contribution in [0, 0.1) is 0 Å². The van der Waals surface area contributed by atoms with E-state index in [1.165, 1.54) is 0 Å². The van der Waals surface area contributed by atoms with E-state index in [2.05, 4.69) is 0 Å². The molecule has 5 heteroatoms. The molecule has 0 unspecified atom stereocenters. The van der Waals surface area contributed by atoms with E-state index in [1.807, 2.05) is 30.3 Å². The van der Waals surface area contributed by atoms with E-state index >= 15 is 0 Å². The Labute approximate surface area is 118 Å². The van der Waals surface area contributed by atoms with Crippen LogP contribution in [0.2, 0.25) is 0 Å². The summed E-state index contributed by atoms with van der Waals surface area (Å²) in [6, 6.07) is 9.91. The second-order valence-electron chi connectivity index (χ2n) is 5.23. The van der Waals surface area contributed by atoms with E-state index in [0.29, 0.717) is 19.6 Å². The molecule has 110 valence electrons. The number of aliphatic hydroxyl groups excluding tert-OH is 1. The lowest BCUT2D eigenvalue weighted by atomic mass is 9.98. The summed E-state index contributed by atoms with van der Waals surface area (Å²) in [7, 11) is 1.66. The predicted octanol–water partition coefficient (Wildman–Crippen LogP) is 1.09. The summed E-state index contributed by atoms with van der Waals surface area (Å²) in [5.41, 5.74) is 1.08. The second-order valence-corrected chi connectivity index (χ2v) is 5.23. The van der Waals surface area contributed by atoms with E-state index in [9.17, 15) is 5.11 Å². The fraction of sp³-hybridized carbons (Fsp3) is 0.600. The molecule has 2 aliphatic rings. The van der Waals surface area contributed by atoms with Gasteiger partial charge in [-0.15, -0.1) is 0 Å². The first-order chi connectivity index (χ1) is 9.77. The number of fused-ring (bicyclic) bond motifs is 2. The van der Waals surface area contributed by atoms with Crippen molar-refractivity contribution < 1.29 is 24.1 Å². The first-order valence-corrected chi connectivity index (χ1v) is 6.88. The summed E-state index contributed by atoms with van der Waals surface area (Å²) in [6.45, 7) is 0.685. The van der Waals surface area contributed by atoms with Crippen molar-refractivity contribution >= 4 is 0 Å². The van der Waals surface area contributed by atoms with Crippen molar-refractivity contribution in [2.24, 2.45) is 0 Å². The molecule has 2 bridgehead atoms. The lowest BCUT2D eigenvalue weighted by Gasteiger charge is -2.40. The van der Waals surface area contributed by atoms with E-state index < -0.39 is 5.79 Å². The summed E-state index contributed by atoms with van der Waals surface area (Å²) in [6.07, 6.45) is 0.146. The largest absolute Gasteiger partial charge is 0.391 e.